The molecule has 1 unspecified atom stereocenters. The molecule has 1 aromatic heterocycles. The molecule has 0 fully saturated rings. The molecule has 0 spiro atoms. The van der Waals surface area contributed by atoms with Crippen molar-refractivity contribution in [2.45, 2.75) is 57.3 Å². The van der Waals surface area contributed by atoms with Gasteiger partial charge in [-0.25, -0.2) is 0 Å². The minimum absolute atomic E-state index is 0.00132. The number of aryl methyl sites for hydroxylation is 2. The molecule has 0 saturated carbocycles. The summed E-state index contributed by atoms with van der Waals surface area (Å²) in [5, 5.41) is 28.8. The molecular weight excluding hydrogens is 438 g/mol. The topological polar surface area (TPSA) is 145 Å². The zero-order chi connectivity index (χ0) is 22.9. The van der Waals surface area contributed by atoms with Crippen molar-refractivity contribution in [1.82, 2.24) is 9.55 Å². The average molecular weight is 464 g/mol. The molecule has 12 heteroatoms. The lowest BCUT2D eigenvalue weighted by Crippen LogP contribution is -2.20. The Hall–Kier alpha value is -2.05. The predicted octanol–water partition coefficient (Wildman–Crippen LogP) is 2.69. The van der Waals surface area contributed by atoms with Crippen LogP contribution < -0.4 is 0 Å². The highest BCUT2D eigenvalue weighted by atomic mass is 35.5. The second kappa shape index (κ2) is 12.0. The zero-order valence-corrected chi connectivity index (χ0v) is 18.5. The number of halogens is 1. The smallest absolute Gasteiger partial charge is 0.383 e. The molecule has 2 N–H and O–H groups in total. The summed E-state index contributed by atoms with van der Waals surface area (Å²) in [4.78, 5) is 13.5. The third-order valence-electron chi connectivity index (χ3n) is 3.92. The number of hydrogen-bond donors (Lipinski definition) is 2. The van der Waals surface area contributed by atoms with Crippen molar-refractivity contribution < 1.29 is 27.7 Å². The first-order valence-electron chi connectivity index (χ1n) is 9.15. The van der Waals surface area contributed by atoms with Crippen LogP contribution in [0.1, 0.15) is 32.3 Å². The van der Waals surface area contributed by atoms with Crippen molar-refractivity contribution in [3.63, 3.8) is 0 Å². The molecule has 30 heavy (non-hydrogen) atoms. The first-order chi connectivity index (χ1) is 14.0. The largest absolute Gasteiger partial charge is 0.393 e. The Labute approximate surface area is 180 Å². The summed E-state index contributed by atoms with van der Waals surface area (Å²) in [5.74, 6) is -0.405. The van der Waals surface area contributed by atoms with Crippen molar-refractivity contribution in [3.8, 4) is 0 Å². The number of aliphatic hydroxyl groups excluding tert-OH is 2. The molecule has 1 heterocycles. The van der Waals surface area contributed by atoms with Crippen LogP contribution in [-0.2, 0) is 20.8 Å². The minimum Gasteiger partial charge on any atom is -0.393 e. The van der Waals surface area contributed by atoms with Gasteiger partial charge < -0.3 is 20.3 Å². The van der Waals surface area contributed by atoms with Crippen LogP contribution in [0.2, 0.25) is 5.28 Å². The van der Waals surface area contributed by atoms with E-state index in [-0.39, 0.29) is 29.2 Å². The van der Waals surface area contributed by atoms with Gasteiger partial charge in [0.15, 0.2) is 0 Å². The number of imidazole rings is 1. The van der Waals surface area contributed by atoms with E-state index < -0.39 is 33.6 Å². The van der Waals surface area contributed by atoms with Gasteiger partial charge in [0.05, 0.1) is 23.7 Å². The molecule has 0 saturated heterocycles. The molecule has 0 aliphatic rings. The third-order valence-corrected chi connectivity index (χ3v) is 5.52. The van der Waals surface area contributed by atoms with E-state index in [9.17, 15) is 23.6 Å². The lowest BCUT2D eigenvalue weighted by molar-refractivity contribution is -0.389. The average Bonchev–Trinajstić information content (AvgIpc) is 3.06. The van der Waals surface area contributed by atoms with Crippen molar-refractivity contribution >= 4 is 27.5 Å². The minimum atomic E-state index is -3.96. The first kappa shape index (κ1) is 26.0. The van der Waals surface area contributed by atoms with Crippen molar-refractivity contribution in [3.05, 3.63) is 51.4 Å². The first-order valence-corrected chi connectivity index (χ1v) is 10.9. The molecule has 0 aliphatic heterocycles. The van der Waals surface area contributed by atoms with Crippen LogP contribution in [0.5, 0.6) is 0 Å². The van der Waals surface area contributed by atoms with Gasteiger partial charge in [0.2, 0.25) is 0 Å². The number of hydrogen-bond acceptors (Lipinski definition) is 8. The highest BCUT2D eigenvalue weighted by Gasteiger charge is 2.20. The Morgan fingerprint density at radius 1 is 1.30 bits per heavy atom. The van der Waals surface area contributed by atoms with Crippen LogP contribution in [0.3, 0.4) is 0 Å². The fraction of sp³-hybridized carbons (Fsp3) is 0.500. The molecule has 0 bridgehead atoms. The van der Waals surface area contributed by atoms with Gasteiger partial charge in [0.1, 0.15) is 6.20 Å². The molecule has 168 valence electrons. The second-order valence-electron chi connectivity index (χ2n) is 6.57. The molecule has 2 atom stereocenters. The van der Waals surface area contributed by atoms with Crippen LogP contribution in [0.25, 0.3) is 0 Å². The van der Waals surface area contributed by atoms with Crippen molar-refractivity contribution in [1.29, 1.82) is 0 Å². The zero-order valence-electron chi connectivity index (χ0n) is 16.9. The summed E-state index contributed by atoms with van der Waals surface area (Å²) in [5.41, 5.74) is 0.908. The molecular formula is C18H26ClN3O7S. The summed E-state index contributed by atoms with van der Waals surface area (Å²) in [6.07, 6.45) is 0.864. The van der Waals surface area contributed by atoms with Crippen molar-refractivity contribution in [2.24, 2.45) is 0 Å². The Kier molecular flexibility index (Phi) is 10.4. The maximum Gasteiger partial charge on any atom is 0.383 e. The predicted molar refractivity (Wildman–Crippen MR) is 111 cm³/mol. The monoisotopic (exact) mass is 463 g/mol. The van der Waals surface area contributed by atoms with E-state index in [2.05, 4.69) is 4.98 Å². The van der Waals surface area contributed by atoms with E-state index in [0.717, 1.165) is 18.2 Å². The van der Waals surface area contributed by atoms with E-state index in [1.165, 1.54) is 16.7 Å². The molecule has 2 rings (SSSR count). The van der Waals surface area contributed by atoms with Gasteiger partial charge >= 0.3 is 11.1 Å². The highest BCUT2D eigenvalue weighted by molar-refractivity contribution is 7.86. The Morgan fingerprint density at radius 2 is 1.87 bits per heavy atom. The fourth-order valence-corrected chi connectivity index (χ4v) is 3.10. The van der Waals surface area contributed by atoms with Gasteiger partial charge in [-0.2, -0.15) is 8.42 Å². The van der Waals surface area contributed by atoms with Gasteiger partial charge in [-0.15, -0.1) is 0 Å². The summed E-state index contributed by atoms with van der Waals surface area (Å²) < 4.78 is 30.1. The van der Waals surface area contributed by atoms with E-state index in [0.29, 0.717) is 0 Å². The van der Waals surface area contributed by atoms with Crippen molar-refractivity contribution in [2.75, 3.05) is 6.61 Å². The van der Waals surface area contributed by atoms with Gasteiger partial charge in [0.25, 0.3) is 10.1 Å². The fourth-order valence-electron chi connectivity index (χ4n) is 1.94. The van der Waals surface area contributed by atoms with Crippen LogP contribution in [0.15, 0.2) is 35.4 Å². The lowest BCUT2D eigenvalue weighted by Gasteiger charge is -2.11. The van der Waals surface area contributed by atoms with Gasteiger partial charge in [-0.05, 0) is 60.3 Å². The van der Waals surface area contributed by atoms with Crippen LogP contribution in [-0.4, -0.2) is 51.9 Å². The molecule has 10 nitrogen and oxygen atoms in total. The standard InChI is InChI=1S/C14H16ClN3O6S.C4H10O/c1-10-2-4-12(5-3-10)25(22,23)24-9-11(19)6-7-17-8-13(18(20)21)16-14(17)15;1-3-4(2)5/h2-5,8,11,19H,6-7,9H2,1H3;4-5H,3H2,1-2H3/t11-;/m1./s1. The Balaban J connectivity index is 0.000000804. The summed E-state index contributed by atoms with van der Waals surface area (Å²) in [7, 11) is -3.96. The maximum absolute atomic E-state index is 12.0. The number of rotatable bonds is 9. The normalized spacial score (nSPS) is 13.3. The van der Waals surface area contributed by atoms with E-state index in [4.69, 9.17) is 20.9 Å². The van der Waals surface area contributed by atoms with Crippen LogP contribution in [0.4, 0.5) is 5.82 Å². The molecule has 0 amide bonds. The molecule has 1 aromatic carbocycles. The Morgan fingerprint density at radius 3 is 2.33 bits per heavy atom. The number of nitro groups is 1. The summed E-state index contributed by atoms with van der Waals surface area (Å²) in [6.45, 7) is 5.23. The second-order valence-corrected chi connectivity index (χ2v) is 8.52. The summed E-state index contributed by atoms with van der Waals surface area (Å²) >= 11 is 5.75. The number of aliphatic hydroxyl groups is 2. The highest BCUT2D eigenvalue weighted by Crippen LogP contribution is 2.17. The molecule has 2 aromatic rings. The quantitative estimate of drug-likeness (QED) is 0.328. The number of benzene rings is 1. The SMILES string of the molecule is CCC(C)O.Cc1ccc(S(=O)(=O)OC[C@H](O)CCn2cc([N+](=O)[O-])nc2Cl)cc1. The summed E-state index contributed by atoms with van der Waals surface area (Å²) in [6, 6.07) is 6.12. The van der Waals surface area contributed by atoms with E-state index in [1.54, 1.807) is 19.1 Å². The Bertz CT molecular complexity index is 914. The number of nitrogens with zero attached hydrogens (tertiary/aromatic N) is 3. The van der Waals surface area contributed by atoms with Gasteiger partial charge in [-0.3, -0.25) is 8.75 Å². The van der Waals surface area contributed by atoms with E-state index in [1.807, 2.05) is 13.8 Å². The molecule has 0 aliphatic carbocycles. The van der Waals surface area contributed by atoms with E-state index >= 15 is 0 Å². The maximum atomic E-state index is 12.0. The molecule has 0 radical (unpaired) electrons. The van der Waals surface area contributed by atoms with Gasteiger partial charge in [0, 0.05) is 6.54 Å². The van der Waals surface area contributed by atoms with Crippen LogP contribution >= 0.6 is 11.6 Å². The van der Waals surface area contributed by atoms with Gasteiger partial charge in [-0.1, -0.05) is 24.6 Å². The lowest BCUT2D eigenvalue weighted by atomic mass is 10.2. The van der Waals surface area contributed by atoms with Crippen LogP contribution in [0, 0.1) is 17.0 Å². The number of aromatic nitrogens is 2. The third kappa shape index (κ3) is 8.76.